The number of benzene rings is 2. The first-order chi connectivity index (χ1) is 14.1. The normalized spacial score (nSPS) is 15.4. The number of nitrogens with zero attached hydrogens (tertiary/aromatic N) is 5. The molecule has 0 saturated carbocycles. The molecule has 1 aromatic heterocycles. The molecule has 1 aliphatic heterocycles. The Labute approximate surface area is 168 Å². The molecule has 1 saturated heterocycles. The van der Waals surface area contributed by atoms with E-state index in [1.54, 1.807) is 17.0 Å². The van der Waals surface area contributed by atoms with Crippen molar-refractivity contribution in [1.82, 2.24) is 19.7 Å². The zero-order valence-corrected chi connectivity index (χ0v) is 15.9. The minimum Gasteiger partial charge on any atom is -0.386 e. The summed E-state index contributed by atoms with van der Waals surface area (Å²) in [5.41, 5.74) is 1.73. The van der Waals surface area contributed by atoms with Crippen LogP contribution in [0.25, 0.3) is 0 Å². The zero-order valence-electron chi connectivity index (χ0n) is 15.9. The van der Waals surface area contributed by atoms with Crippen LogP contribution in [0.3, 0.4) is 0 Å². The number of carbonyl (C=O) groups excluding carboxylic acids is 1. The van der Waals surface area contributed by atoms with E-state index < -0.39 is 6.10 Å². The highest BCUT2D eigenvalue weighted by Crippen LogP contribution is 2.18. The van der Waals surface area contributed by atoms with Gasteiger partial charge in [0.25, 0.3) is 5.91 Å². The summed E-state index contributed by atoms with van der Waals surface area (Å²) in [6.07, 6.45) is 0.744. The lowest BCUT2D eigenvalue weighted by molar-refractivity contribution is 0.0733. The maximum absolute atomic E-state index is 13.1. The lowest BCUT2D eigenvalue weighted by Gasteiger charge is -2.35. The van der Waals surface area contributed by atoms with E-state index in [0.29, 0.717) is 26.2 Å². The predicted octanol–water partition coefficient (Wildman–Crippen LogP) is 2.11. The number of hydrogen-bond donors (Lipinski definition) is 1. The third-order valence-electron chi connectivity index (χ3n) is 5.03. The fraction of sp³-hybridized carbons (Fsp3) is 0.286. The van der Waals surface area contributed by atoms with Crippen molar-refractivity contribution in [2.45, 2.75) is 12.6 Å². The van der Waals surface area contributed by atoms with Crippen molar-refractivity contribution in [3.63, 3.8) is 0 Å². The summed E-state index contributed by atoms with van der Waals surface area (Å²) in [4.78, 5) is 20.7. The lowest BCUT2D eigenvalue weighted by Crippen LogP contribution is -2.49. The van der Waals surface area contributed by atoms with Gasteiger partial charge in [-0.15, -0.1) is 5.10 Å². The van der Waals surface area contributed by atoms with Gasteiger partial charge < -0.3 is 14.9 Å². The highest BCUT2D eigenvalue weighted by molar-refractivity contribution is 5.90. The van der Waals surface area contributed by atoms with Crippen molar-refractivity contribution in [1.29, 1.82) is 0 Å². The molecule has 7 nitrogen and oxygen atoms in total. The minimum absolute atomic E-state index is 0.125. The molecular formula is C21H22FN5O2. The van der Waals surface area contributed by atoms with Gasteiger partial charge in [0.1, 0.15) is 12.1 Å². The Morgan fingerprint density at radius 2 is 1.72 bits per heavy atom. The van der Waals surface area contributed by atoms with Crippen molar-refractivity contribution >= 4 is 11.6 Å². The molecule has 0 radical (unpaired) electrons. The Morgan fingerprint density at radius 3 is 2.41 bits per heavy atom. The molecule has 0 spiro atoms. The molecule has 29 heavy (non-hydrogen) atoms. The second-order valence-electron chi connectivity index (χ2n) is 6.97. The van der Waals surface area contributed by atoms with Crippen molar-refractivity contribution in [2.24, 2.45) is 0 Å². The molecule has 1 N–H and O–H groups in total. The molecule has 2 aromatic carbocycles. The van der Waals surface area contributed by atoms with Gasteiger partial charge in [-0.1, -0.05) is 30.3 Å². The number of anilines is 1. The quantitative estimate of drug-likeness (QED) is 0.716. The summed E-state index contributed by atoms with van der Waals surface area (Å²) in [6.45, 7) is 2.62. The summed E-state index contributed by atoms with van der Waals surface area (Å²) in [7, 11) is 0. The first-order valence-electron chi connectivity index (χ1n) is 9.52. The van der Waals surface area contributed by atoms with E-state index in [1.807, 2.05) is 30.3 Å². The second-order valence-corrected chi connectivity index (χ2v) is 6.97. The van der Waals surface area contributed by atoms with Crippen LogP contribution in [0.2, 0.25) is 0 Å². The van der Waals surface area contributed by atoms with Gasteiger partial charge in [0, 0.05) is 31.9 Å². The van der Waals surface area contributed by atoms with Gasteiger partial charge in [0.15, 0.2) is 0 Å². The van der Waals surface area contributed by atoms with Crippen LogP contribution in [0.4, 0.5) is 10.1 Å². The smallest absolute Gasteiger partial charge is 0.293 e. The van der Waals surface area contributed by atoms with E-state index in [-0.39, 0.29) is 24.1 Å². The summed E-state index contributed by atoms with van der Waals surface area (Å²) in [5.74, 6) is -0.362. The molecule has 1 fully saturated rings. The number of halogens is 1. The Bertz CT molecular complexity index is 953. The number of piperazine rings is 1. The molecule has 150 valence electrons. The molecule has 1 amide bonds. The monoisotopic (exact) mass is 395 g/mol. The van der Waals surface area contributed by atoms with E-state index in [1.165, 1.54) is 23.1 Å². The molecule has 8 heteroatoms. The second kappa shape index (κ2) is 8.40. The number of amides is 1. The molecular weight excluding hydrogens is 373 g/mol. The van der Waals surface area contributed by atoms with Crippen LogP contribution >= 0.6 is 0 Å². The highest BCUT2D eigenvalue weighted by Gasteiger charge is 2.25. The molecule has 1 atom stereocenters. The lowest BCUT2D eigenvalue weighted by atomic mass is 10.1. The standard InChI is InChI=1S/C21H22FN5O2/c22-17-6-8-18(9-7-17)25-10-12-26(13-11-25)21(29)20-23-15-27(24-20)14-19(28)16-4-2-1-3-5-16/h1-9,15,19,28H,10-14H2. The van der Waals surface area contributed by atoms with Gasteiger partial charge in [0.2, 0.25) is 5.82 Å². The zero-order chi connectivity index (χ0) is 20.2. The number of aromatic nitrogens is 3. The van der Waals surface area contributed by atoms with Crippen LogP contribution in [0, 0.1) is 5.82 Å². The van der Waals surface area contributed by atoms with Gasteiger partial charge in [-0.3, -0.25) is 4.79 Å². The Hall–Kier alpha value is -3.26. The first kappa shape index (κ1) is 19.1. The van der Waals surface area contributed by atoms with Crippen molar-refractivity contribution in [2.75, 3.05) is 31.1 Å². The van der Waals surface area contributed by atoms with Gasteiger partial charge in [-0.2, -0.15) is 0 Å². The maximum atomic E-state index is 13.1. The SMILES string of the molecule is O=C(c1ncn(CC(O)c2ccccc2)n1)N1CCN(c2ccc(F)cc2)CC1. The van der Waals surface area contributed by atoms with Crippen LogP contribution in [0.1, 0.15) is 22.3 Å². The van der Waals surface area contributed by atoms with Crippen LogP contribution in [-0.2, 0) is 6.54 Å². The van der Waals surface area contributed by atoms with E-state index in [4.69, 9.17) is 0 Å². The number of aliphatic hydroxyl groups is 1. The first-order valence-corrected chi connectivity index (χ1v) is 9.52. The number of carbonyl (C=O) groups is 1. The predicted molar refractivity (Wildman–Crippen MR) is 106 cm³/mol. The molecule has 4 rings (SSSR count). The summed E-state index contributed by atoms with van der Waals surface area (Å²) >= 11 is 0. The van der Waals surface area contributed by atoms with Gasteiger partial charge in [-0.25, -0.2) is 14.1 Å². The summed E-state index contributed by atoms with van der Waals surface area (Å²) in [6, 6.07) is 15.7. The average Bonchev–Trinajstić information content (AvgIpc) is 3.23. The van der Waals surface area contributed by atoms with E-state index in [9.17, 15) is 14.3 Å². The van der Waals surface area contributed by atoms with Gasteiger partial charge >= 0.3 is 0 Å². The number of hydrogen-bond acceptors (Lipinski definition) is 5. The maximum Gasteiger partial charge on any atom is 0.293 e. The molecule has 0 aliphatic carbocycles. The largest absolute Gasteiger partial charge is 0.386 e. The fourth-order valence-electron chi connectivity index (χ4n) is 3.40. The van der Waals surface area contributed by atoms with Crippen molar-refractivity contribution < 1.29 is 14.3 Å². The Balaban J connectivity index is 1.34. The summed E-state index contributed by atoms with van der Waals surface area (Å²) in [5, 5.41) is 14.5. The van der Waals surface area contributed by atoms with Crippen LogP contribution in [-0.4, -0.2) is 56.9 Å². The minimum atomic E-state index is -0.722. The molecule has 1 aliphatic rings. The Morgan fingerprint density at radius 1 is 1.03 bits per heavy atom. The number of aliphatic hydroxyl groups excluding tert-OH is 1. The fourth-order valence-corrected chi connectivity index (χ4v) is 3.40. The van der Waals surface area contributed by atoms with Gasteiger partial charge in [0.05, 0.1) is 12.6 Å². The third-order valence-corrected chi connectivity index (χ3v) is 5.03. The molecule has 0 bridgehead atoms. The van der Waals surface area contributed by atoms with E-state index in [0.717, 1.165) is 11.3 Å². The average molecular weight is 395 g/mol. The molecule has 3 aromatic rings. The molecule has 2 heterocycles. The van der Waals surface area contributed by atoms with Gasteiger partial charge in [-0.05, 0) is 29.8 Å². The van der Waals surface area contributed by atoms with E-state index in [2.05, 4.69) is 15.0 Å². The third kappa shape index (κ3) is 4.43. The van der Waals surface area contributed by atoms with Crippen molar-refractivity contribution in [3.8, 4) is 0 Å². The number of rotatable bonds is 5. The van der Waals surface area contributed by atoms with Crippen LogP contribution in [0.5, 0.6) is 0 Å². The van der Waals surface area contributed by atoms with Crippen LogP contribution in [0.15, 0.2) is 60.9 Å². The van der Waals surface area contributed by atoms with Crippen LogP contribution < -0.4 is 4.90 Å². The molecule has 1 unspecified atom stereocenters. The topological polar surface area (TPSA) is 74.5 Å². The Kier molecular flexibility index (Phi) is 5.53. The van der Waals surface area contributed by atoms with E-state index >= 15 is 0 Å². The van der Waals surface area contributed by atoms with Crippen molar-refractivity contribution in [3.05, 3.63) is 78.1 Å². The highest BCUT2D eigenvalue weighted by atomic mass is 19.1. The summed E-state index contributed by atoms with van der Waals surface area (Å²) < 4.78 is 14.6.